The molecule has 0 aromatic heterocycles. The fourth-order valence-electron chi connectivity index (χ4n) is 2.74. The molecular weight excluding hydrogens is 328 g/mol. The van der Waals surface area contributed by atoms with Gasteiger partial charge in [0, 0.05) is 30.8 Å². The second-order valence-corrected chi connectivity index (χ2v) is 5.92. The first-order valence-corrected chi connectivity index (χ1v) is 8.89. The Balaban J connectivity index is 1.97. The van der Waals surface area contributed by atoms with Crippen molar-refractivity contribution in [2.45, 2.75) is 20.3 Å². The van der Waals surface area contributed by atoms with Crippen molar-refractivity contribution in [1.29, 1.82) is 0 Å². The molecule has 0 atom stereocenters. The van der Waals surface area contributed by atoms with E-state index >= 15 is 0 Å². The van der Waals surface area contributed by atoms with Crippen LogP contribution in [0.3, 0.4) is 0 Å². The quantitative estimate of drug-likeness (QED) is 0.792. The summed E-state index contributed by atoms with van der Waals surface area (Å²) >= 11 is 0. The molecule has 0 fully saturated rings. The van der Waals surface area contributed by atoms with E-state index in [4.69, 9.17) is 4.74 Å². The number of nitrogens with zero attached hydrogens (tertiary/aromatic N) is 1. The van der Waals surface area contributed by atoms with Crippen molar-refractivity contribution >= 4 is 11.8 Å². The van der Waals surface area contributed by atoms with E-state index in [1.165, 1.54) is 0 Å². The van der Waals surface area contributed by atoms with E-state index in [9.17, 15) is 9.59 Å². The molecule has 1 N–H and O–H groups in total. The van der Waals surface area contributed by atoms with Crippen LogP contribution in [-0.4, -0.2) is 43.5 Å². The van der Waals surface area contributed by atoms with Gasteiger partial charge in [0.1, 0.15) is 5.75 Å². The largest absolute Gasteiger partial charge is 0.497 e. The van der Waals surface area contributed by atoms with Crippen molar-refractivity contribution in [2.75, 3.05) is 26.7 Å². The van der Waals surface area contributed by atoms with Crippen LogP contribution in [0.1, 0.15) is 40.1 Å². The predicted molar refractivity (Wildman–Crippen MR) is 103 cm³/mol. The highest BCUT2D eigenvalue weighted by Crippen LogP contribution is 2.13. The molecule has 0 aliphatic carbocycles. The van der Waals surface area contributed by atoms with Crippen LogP contribution in [0.15, 0.2) is 48.5 Å². The van der Waals surface area contributed by atoms with Gasteiger partial charge in [-0.1, -0.05) is 18.2 Å². The summed E-state index contributed by atoms with van der Waals surface area (Å²) in [4.78, 5) is 26.5. The molecule has 2 amide bonds. The molecule has 0 saturated heterocycles. The molecule has 138 valence electrons. The van der Waals surface area contributed by atoms with Crippen LogP contribution in [0.25, 0.3) is 0 Å². The molecule has 2 aromatic rings. The first kappa shape index (κ1) is 19.5. The van der Waals surface area contributed by atoms with Gasteiger partial charge in [0.25, 0.3) is 11.8 Å². The highest BCUT2D eigenvalue weighted by Gasteiger charge is 2.14. The Bertz CT molecular complexity index is 754. The third-order valence-corrected chi connectivity index (χ3v) is 4.26. The van der Waals surface area contributed by atoms with E-state index < -0.39 is 0 Å². The summed E-state index contributed by atoms with van der Waals surface area (Å²) in [6, 6.07) is 14.6. The van der Waals surface area contributed by atoms with E-state index in [0.717, 1.165) is 11.3 Å². The Morgan fingerprint density at radius 1 is 1.00 bits per heavy atom. The maximum atomic E-state index is 12.4. The number of hydrogen-bond donors (Lipinski definition) is 1. The van der Waals surface area contributed by atoms with Crippen LogP contribution in [-0.2, 0) is 6.42 Å². The average Bonchev–Trinajstić information content (AvgIpc) is 2.69. The van der Waals surface area contributed by atoms with E-state index in [1.807, 2.05) is 38.1 Å². The third kappa shape index (κ3) is 5.09. The van der Waals surface area contributed by atoms with Crippen molar-refractivity contribution < 1.29 is 14.3 Å². The zero-order chi connectivity index (χ0) is 18.9. The summed E-state index contributed by atoms with van der Waals surface area (Å²) in [7, 11) is 1.63. The molecular formula is C21H26N2O3. The van der Waals surface area contributed by atoms with Gasteiger partial charge in [-0.15, -0.1) is 0 Å². The Labute approximate surface area is 155 Å². The number of carbonyl (C=O) groups excluding carboxylic acids is 2. The van der Waals surface area contributed by atoms with Gasteiger partial charge in [0.15, 0.2) is 0 Å². The van der Waals surface area contributed by atoms with Crippen molar-refractivity contribution in [3.8, 4) is 5.75 Å². The number of rotatable bonds is 8. The van der Waals surface area contributed by atoms with Gasteiger partial charge in [0.05, 0.1) is 7.11 Å². The molecule has 0 aliphatic rings. The lowest BCUT2D eigenvalue weighted by Crippen LogP contribution is -2.31. The van der Waals surface area contributed by atoms with Gasteiger partial charge in [-0.3, -0.25) is 9.59 Å². The molecule has 0 aliphatic heterocycles. The van der Waals surface area contributed by atoms with Crippen molar-refractivity contribution in [1.82, 2.24) is 10.2 Å². The maximum Gasteiger partial charge on any atom is 0.253 e. The highest BCUT2D eigenvalue weighted by molar-refractivity contribution is 5.99. The normalized spacial score (nSPS) is 10.3. The second-order valence-electron chi connectivity index (χ2n) is 5.92. The number of methoxy groups -OCH3 is 1. The van der Waals surface area contributed by atoms with Crippen LogP contribution in [0.2, 0.25) is 0 Å². The van der Waals surface area contributed by atoms with Crippen molar-refractivity contribution in [3.63, 3.8) is 0 Å². The first-order valence-electron chi connectivity index (χ1n) is 8.89. The number of benzene rings is 2. The van der Waals surface area contributed by atoms with Crippen molar-refractivity contribution in [2.24, 2.45) is 0 Å². The standard InChI is InChI=1S/C21H26N2O3/c1-4-23(5-2)21(25)18-10-7-9-17(15-18)20(24)22-13-12-16-8-6-11-19(14-16)26-3/h6-11,14-15H,4-5,12-13H2,1-3H3,(H,22,24). The average molecular weight is 354 g/mol. The lowest BCUT2D eigenvalue weighted by Gasteiger charge is -2.18. The Kier molecular flexibility index (Phi) is 7.21. The molecule has 0 heterocycles. The van der Waals surface area contributed by atoms with Gasteiger partial charge >= 0.3 is 0 Å². The highest BCUT2D eigenvalue weighted by atomic mass is 16.5. The number of hydrogen-bond acceptors (Lipinski definition) is 3. The van der Waals surface area contributed by atoms with E-state index in [-0.39, 0.29) is 11.8 Å². The lowest BCUT2D eigenvalue weighted by molar-refractivity contribution is 0.0773. The van der Waals surface area contributed by atoms with E-state index in [1.54, 1.807) is 36.3 Å². The molecule has 0 saturated carbocycles. The molecule has 5 nitrogen and oxygen atoms in total. The summed E-state index contributed by atoms with van der Waals surface area (Å²) in [5, 5.41) is 2.90. The molecule has 0 radical (unpaired) electrons. The SMILES string of the molecule is CCN(CC)C(=O)c1cccc(C(=O)NCCc2cccc(OC)c2)c1. The molecule has 0 unspecified atom stereocenters. The number of nitrogens with one attached hydrogen (secondary N) is 1. The fourth-order valence-corrected chi connectivity index (χ4v) is 2.74. The van der Waals surface area contributed by atoms with Crippen LogP contribution >= 0.6 is 0 Å². The molecule has 26 heavy (non-hydrogen) atoms. The summed E-state index contributed by atoms with van der Waals surface area (Å²) in [6.45, 7) is 5.69. The zero-order valence-corrected chi connectivity index (χ0v) is 15.6. The molecule has 5 heteroatoms. The number of carbonyl (C=O) groups is 2. The number of amides is 2. The topological polar surface area (TPSA) is 58.6 Å². The van der Waals surface area contributed by atoms with Gasteiger partial charge in [0.2, 0.25) is 0 Å². The lowest BCUT2D eigenvalue weighted by atomic mass is 10.1. The van der Waals surface area contributed by atoms with Gasteiger partial charge in [-0.25, -0.2) is 0 Å². The second kappa shape index (κ2) is 9.61. The molecule has 0 spiro atoms. The number of ether oxygens (including phenoxy) is 1. The maximum absolute atomic E-state index is 12.4. The zero-order valence-electron chi connectivity index (χ0n) is 15.6. The summed E-state index contributed by atoms with van der Waals surface area (Å²) in [5.41, 5.74) is 2.12. The van der Waals surface area contributed by atoms with Gasteiger partial charge in [-0.05, 0) is 56.2 Å². The van der Waals surface area contributed by atoms with Crippen LogP contribution < -0.4 is 10.1 Å². The van der Waals surface area contributed by atoms with E-state index in [2.05, 4.69) is 5.32 Å². The van der Waals surface area contributed by atoms with Crippen LogP contribution in [0.4, 0.5) is 0 Å². The first-order chi connectivity index (χ1) is 12.6. The minimum absolute atomic E-state index is 0.0546. The monoisotopic (exact) mass is 354 g/mol. The van der Waals surface area contributed by atoms with Crippen LogP contribution in [0, 0.1) is 0 Å². The van der Waals surface area contributed by atoms with Crippen molar-refractivity contribution in [3.05, 3.63) is 65.2 Å². The van der Waals surface area contributed by atoms with E-state index in [0.29, 0.717) is 37.2 Å². The third-order valence-electron chi connectivity index (χ3n) is 4.26. The summed E-state index contributed by atoms with van der Waals surface area (Å²) in [6.07, 6.45) is 0.709. The molecule has 2 rings (SSSR count). The Morgan fingerprint density at radius 2 is 1.69 bits per heavy atom. The summed E-state index contributed by atoms with van der Waals surface area (Å²) in [5.74, 6) is 0.569. The molecule has 0 bridgehead atoms. The Morgan fingerprint density at radius 3 is 2.38 bits per heavy atom. The summed E-state index contributed by atoms with van der Waals surface area (Å²) < 4.78 is 5.20. The minimum Gasteiger partial charge on any atom is -0.497 e. The predicted octanol–water partition coefficient (Wildman–Crippen LogP) is 3.15. The fraction of sp³-hybridized carbons (Fsp3) is 0.333. The molecule has 2 aromatic carbocycles. The van der Waals surface area contributed by atoms with Crippen LogP contribution in [0.5, 0.6) is 5.75 Å². The minimum atomic E-state index is -0.179. The van der Waals surface area contributed by atoms with Gasteiger partial charge in [-0.2, -0.15) is 0 Å². The Hall–Kier alpha value is -2.82. The smallest absolute Gasteiger partial charge is 0.253 e. The van der Waals surface area contributed by atoms with Gasteiger partial charge < -0.3 is 15.0 Å².